The highest BCUT2D eigenvalue weighted by Gasteiger charge is 2.21. The lowest BCUT2D eigenvalue weighted by Crippen LogP contribution is -2.50. The Morgan fingerprint density at radius 3 is 2.33 bits per heavy atom. The Kier molecular flexibility index (Phi) is 7.60. The van der Waals surface area contributed by atoms with Gasteiger partial charge in [-0.2, -0.15) is 0 Å². The molecule has 6 heteroatoms. The number of nitrogens with one attached hydrogen (secondary N) is 1. The highest BCUT2D eigenvalue weighted by molar-refractivity contribution is 5.93. The van der Waals surface area contributed by atoms with Crippen LogP contribution < -0.4 is 10.1 Å². The van der Waals surface area contributed by atoms with E-state index in [1.54, 1.807) is 0 Å². The van der Waals surface area contributed by atoms with Crippen LogP contribution in [0.4, 0.5) is 5.69 Å². The molecule has 3 aromatic rings. The van der Waals surface area contributed by atoms with E-state index in [-0.39, 0.29) is 12.5 Å². The maximum Gasteiger partial charge on any atom is 0.238 e. The molecule has 0 radical (unpaired) electrons. The predicted molar refractivity (Wildman–Crippen MR) is 133 cm³/mol. The molecule has 1 amide bonds. The van der Waals surface area contributed by atoms with Crippen LogP contribution in [-0.2, 0) is 4.79 Å². The molecular formula is C27H33N3O3. The summed E-state index contributed by atoms with van der Waals surface area (Å²) in [5, 5.41) is 15.8. The molecule has 0 aromatic heterocycles. The zero-order chi connectivity index (χ0) is 23.2. The molecule has 1 atom stereocenters. The van der Waals surface area contributed by atoms with Gasteiger partial charge in [-0.05, 0) is 36.4 Å². The average Bonchev–Trinajstić information content (AvgIpc) is 2.81. The summed E-state index contributed by atoms with van der Waals surface area (Å²) in [6.07, 6.45) is -0.567. The van der Waals surface area contributed by atoms with Gasteiger partial charge in [0.2, 0.25) is 5.91 Å². The fourth-order valence-electron chi connectivity index (χ4n) is 4.38. The molecule has 0 saturated carbocycles. The first-order chi connectivity index (χ1) is 16.0. The number of ether oxygens (including phenoxy) is 1. The molecule has 1 heterocycles. The number of carbonyl (C=O) groups is 1. The van der Waals surface area contributed by atoms with Gasteiger partial charge in [0.1, 0.15) is 18.5 Å². The monoisotopic (exact) mass is 447 g/mol. The number of hydrogen-bond acceptors (Lipinski definition) is 5. The van der Waals surface area contributed by atoms with Crippen LogP contribution in [0.25, 0.3) is 10.8 Å². The van der Waals surface area contributed by atoms with Gasteiger partial charge in [0, 0.05) is 43.8 Å². The summed E-state index contributed by atoms with van der Waals surface area (Å²) in [6.45, 7) is 8.47. The van der Waals surface area contributed by atoms with Crippen molar-refractivity contribution in [2.45, 2.75) is 20.0 Å². The third kappa shape index (κ3) is 6.11. The van der Waals surface area contributed by atoms with Crippen LogP contribution in [0, 0.1) is 13.8 Å². The van der Waals surface area contributed by atoms with E-state index >= 15 is 0 Å². The van der Waals surface area contributed by atoms with E-state index in [0.717, 1.165) is 59.5 Å². The van der Waals surface area contributed by atoms with Crippen molar-refractivity contribution in [2.75, 3.05) is 51.2 Å². The minimum absolute atomic E-state index is 0.0179. The van der Waals surface area contributed by atoms with Gasteiger partial charge in [-0.15, -0.1) is 0 Å². The Hall–Kier alpha value is -2.93. The van der Waals surface area contributed by atoms with Crippen molar-refractivity contribution in [2.24, 2.45) is 0 Å². The Labute approximate surface area is 195 Å². The molecule has 0 aliphatic carbocycles. The number of fused-ring (bicyclic) bond motifs is 1. The molecule has 1 aliphatic heterocycles. The first-order valence-corrected chi connectivity index (χ1v) is 11.6. The van der Waals surface area contributed by atoms with Crippen LogP contribution in [-0.4, -0.2) is 72.8 Å². The highest BCUT2D eigenvalue weighted by atomic mass is 16.5. The van der Waals surface area contributed by atoms with Crippen LogP contribution in [0.15, 0.2) is 60.7 Å². The van der Waals surface area contributed by atoms with Crippen molar-refractivity contribution in [3.8, 4) is 5.75 Å². The maximum atomic E-state index is 12.5. The van der Waals surface area contributed by atoms with Crippen LogP contribution in [0.2, 0.25) is 0 Å². The first kappa shape index (κ1) is 23.2. The van der Waals surface area contributed by atoms with Crippen molar-refractivity contribution in [3.05, 3.63) is 71.8 Å². The van der Waals surface area contributed by atoms with E-state index in [1.807, 2.05) is 62.4 Å². The summed E-state index contributed by atoms with van der Waals surface area (Å²) >= 11 is 0. The smallest absolute Gasteiger partial charge is 0.238 e. The maximum absolute atomic E-state index is 12.5. The summed E-state index contributed by atoms with van der Waals surface area (Å²) in [6, 6.07) is 20.1. The topological polar surface area (TPSA) is 65.0 Å². The Morgan fingerprint density at radius 2 is 1.58 bits per heavy atom. The van der Waals surface area contributed by atoms with Crippen molar-refractivity contribution in [1.82, 2.24) is 9.80 Å². The number of para-hydroxylation sites is 1. The van der Waals surface area contributed by atoms with E-state index in [4.69, 9.17) is 4.74 Å². The number of carbonyl (C=O) groups excluding carboxylic acids is 1. The van der Waals surface area contributed by atoms with E-state index < -0.39 is 6.10 Å². The highest BCUT2D eigenvalue weighted by Crippen LogP contribution is 2.25. The normalized spacial score (nSPS) is 16.0. The SMILES string of the molecule is Cc1cccc(C)c1NC(=O)CN1CCN(CC(O)COc2cccc3ccccc23)CC1. The van der Waals surface area contributed by atoms with Crippen LogP contribution >= 0.6 is 0 Å². The molecular weight excluding hydrogens is 414 g/mol. The first-order valence-electron chi connectivity index (χ1n) is 11.6. The number of aliphatic hydroxyl groups excluding tert-OH is 1. The van der Waals surface area contributed by atoms with Crippen LogP contribution in [0.1, 0.15) is 11.1 Å². The molecule has 6 nitrogen and oxygen atoms in total. The van der Waals surface area contributed by atoms with Gasteiger partial charge in [0.25, 0.3) is 0 Å². The van der Waals surface area contributed by atoms with E-state index in [2.05, 4.69) is 27.2 Å². The number of hydrogen-bond donors (Lipinski definition) is 2. The average molecular weight is 448 g/mol. The van der Waals surface area contributed by atoms with Crippen LogP contribution in [0.3, 0.4) is 0 Å². The summed E-state index contributed by atoms with van der Waals surface area (Å²) in [5.74, 6) is 0.816. The van der Waals surface area contributed by atoms with Crippen LogP contribution in [0.5, 0.6) is 5.75 Å². The molecule has 1 unspecified atom stereocenters. The molecule has 3 aromatic carbocycles. The van der Waals surface area contributed by atoms with Crippen molar-refractivity contribution in [1.29, 1.82) is 0 Å². The Balaban J connectivity index is 1.20. The quantitative estimate of drug-likeness (QED) is 0.554. The number of aryl methyl sites for hydroxylation is 2. The summed E-state index contributed by atoms with van der Waals surface area (Å²) in [5.41, 5.74) is 3.07. The van der Waals surface area contributed by atoms with Gasteiger partial charge in [0.15, 0.2) is 0 Å². The summed E-state index contributed by atoms with van der Waals surface area (Å²) < 4.78 is 5.93. The molecule has 1 saturated heterocycles. The predicted octanol–water partition coefficient (Wildman–Crippen LogP) is 3.45. The van der Waals surface area contributed by atoms with Gasteiger partial charge in [-0.3, -0.25) is 14.6 Å². The van der Waals surface area contributed by atoms with Gasteiger partial charge < -0.3 is 15.2 Å². The number of benzene rings is 3. The number of β-amino-alcohol motifs (C(OH)–C–C–N with tert-alkyl or cyclic N) is 1. The molecule has 174 valence electrons. The lowest BCUT2D eigenvalue weighted by atomic mass is 10.1. The molecule has 4 rings (SSSR count). The second-order valence-corrected chi connectivity index (χ2v) is 8.83. The van der Waals surface area contributed by atoms with E-state index in [0.29, 0.717) is 13.1 Å². The molecule has 2 N–H and O–H groups in total. The second kappa shape index (κ2) is 10.8. The Morgan fingerprint density at radius 1 is 0.939 bits per heavy atom. The third-order valence-electron chi connectivity index (χ3n) is 6.23. The largest absolute Gasteiger partial charge is 0.490 e. The number of anilines is 1. The van der Waals surface area contributed by atoms with Gasteiger partial charge >= 0.3 is 0 Å². The molecule has 0 spiro atoms. The molecule has 1 fully saturated rings. The van der Waals surface area contributed by atoms with Crippen molar-refractivity contribution < 1.29 is 14.6 Å². The summed E-state index contributed by atoms with van der Waals surface area (Å²) in [4.78, 5) is 16.9. The lowest BCUT2D eigenvalue weighted by molar-refractivity contribution is -0.117. The van der Waals surface area contributed by atoms with Gasteiger partial charge in [-0.1, -0.05) is 54.6 Å². The number of rotatable bonds is 8. The number of nitrogens with zero attached hydrogens (tertiary/aromatic N) is 2. The third-order valence-corrected chi connectivity index (χ3v) is 6.23. The van der Waals surface area contributed by atoms with Crippen molar-refractivity contribution in [3.63, 3.8) is 0 Å². The van der Waals surface area contributed by atoms with Crippen molar-refractivity contribution >= 4 is 22.4 Å². The van der Waals surface area contributed by atoms with Gasteiger partial charge in [0.05, 0.1) is 6.54 Å². The molecule has 33 heavy (non-hydrogen) atoms. The standard InChI is InChI=1S/C27H33N3O3/c1-20-7-5-8-21(2)27(20)28-26(32)18-30-15-13-29(14-16-30)17-23(31)19-33-25-12-6-10-22-9-3-4-11-24(22)25/h3-12,23,31H,13-19H2,1-2H3,(H,28,32). The van der Waals surface area contributed by atoms with E-state index in [1.165, 1.54) is 0 Å². The zero-order valence-corrected chi connectivity index (χ0v) is 19.5. The van der Waals surface area contributed by atoms with E-state index in [9.17, 15) is 9.90 Å². The lowest BCUT2D eigenvalue weighted by Gasteiger charge is -2.35. The second-order valence-electron chi connectivity index (χ2n) is 8.83. The molecule has 0 bridgehead atoms. The fraction of sp³-hybridized carbons (Fsp3) is 0.370. The number of amides is 1. The zero-order valence-electron chi connectivity index (χ0n) is 19.5. The fourth-order valence-corrected chi connectivity index (χ4v) is 4.38. The minimum atomic E-state index is -0.567. The number of piperazine rings is 1. The summed E-state index contributed by atoms with van der Waals surface area (Å²) in [7, 11) is 0. The molecule has 1 aliphatic rings. The van der Waals surface area contributed by atoms with Gasteiger partial charge in [-0.25, -0.2) is 0 Å². The number of aliphatic hydroxyl groups is 1. The minimum Gasteiger partial charge on any atom is -0.490 e. The Bertz CT molecular complexity index is 1070.